The fourth-order valence-electron chi connectivity index (χ4n) is 5.09. The summed E-state index contributed by atoms with van der Waals surface area (Å²) >= 11 is 0. The van der Waals surface area contributed by atoms with E-state index in [-0.39, 0.29) is 30.0 Å². The zero-order valence-electron chi connectivity index (χ0n) is 25.6. The van der Waals surface area contributed by atoms with Gasteiger partial charge in [0, 0.05) is 38.5 Å². The van der Waals surface area contributed by atoms with Gasteiger partial charge in [-0.3, -0.25) is 9.59 Å². The van der Waals surface area contributed by atoms with Gasteiger partial charge in [0.2, 0.25) is 11.8 Å². The molecule has 2 amide bonds. The second-order valence-electron chi connectivity index (χ2n) is 11.1. The lowest BCUT2D eigenvalue weighted by Gasteiger charge is -2.25. The smallest absolute Gasteiger partial charge is 0.222 e. The lowest BCUT2D eigenvalue weighted by Crippen LogP contribution is -2.34. The summed E-state index contributed by atoms with van der Waals surface area (Å²) in [6.07, 6.45) is 8.62. The molecule has 0 fully saturated rings. The molecule has 0 bridgehead atoms. The minimum atomic E-state index is -0.373. The van der Waals surface area contributed by atoms with Gasteiger partial charge in [-0.25, -0.2) is 4.39 Å². The summed E-state index contributed by atoms with van der Waals surface area (Å²) in [5.41, 5.74) is 8.83. The van der Waals surface area contributed by atoms with Gasteiger partial charge >= 0.3 is 0 Å². The monoisotopic (exact) mass is 569 g/mol. The van der Waals surface area contributed by atoms with Gasteiger partial charge in [0.15, 0.2) is 0 Å². The SMILES string of the molecule is CCCC(CCN(CCC)C(=O)CCCC(N)=O)COc1cc(F)cc(CCCCNCc2cccc(CC)c2)c1. The van der Waals surface area contributed by atoms with Crippen LogP contribution in [0.4, 0.5) is 4.39 Å². The quantitative estimate of drug-likeness (QED) is 0.157. The van der Waals surface area contributed by atoms with Crippen molar-refractivity contribution in [2.24, 2.45) is 11.7 Å². The van der Waals surface area contributed by atoms with Crippen molar-refractivity contribution < 1.29 is 18.7 Å². The molecule has 0 spiro atoms. The van der Waals surface area contributed by atoms with Gasteiger partial charge in [0.1, 0.15) is 11.6 Å². The number of ether oxygens (including phenoxy) is 1. The van der Waals surface area contributed by atoms with E-state index in [1.165, 1.54) is 17.2 Å². The maximum Gasteiger partial charge on any atom is 0.222 e. The van der Waals surface area contributed by atoms with E-state index in [1.807, 2.05) is 11.0 Å². The summed E-state index contributed by atoms with van der Waals surface area (Å²) in [5, 5.41) is 3.51. The lowest BCUT2D eigenvalue weighted by atomic mass is 10.00. The van der Waals surface area contributed by atoms with Gasteiger partial charge in [-0.2, -0.15) is 0 Å². The molecule has 2 aromatic carbocycles. The first-order valence-electron chi connectivity index (χ1n) is 15.6. The van der Waals surface area contributed by atoms with Crippen LogP contribution in [0.1, 0.15) is 95.2 Å². The molecule has 0 aromatic heterocycles. The zero-order valence-corrected chi connectivity index (χ0v) is 25.6. The predicted octanol–water partition coefficient (Wildman–Crippen LogP) is 6.58. The van der Waals surface area contributed by atoms with Gasteiger partial charge < -0.3 is 20.7 Å². The summed E-state index contributed by atoms with van der Waals surface area (Å²) in [5.74, 6) is 0.271. The number of benzene rings is 2. The Bertz CT molecular complexity index is 1050. The highest BCUT2D eigenvalue weighted by Crippen LogP contribution is 2.21. The highest BCUT2D eigenvalue weighted by atomic mass is 19.1. The van der Waals surface area contributed by atoms with Gasteiger partial charge in [0.25, 0.3) is 0 Å². The van der Waals surface area contributed by atoms with E-state index in [1.54, 1.807) is 6.07 Å². The Hall–Kier alpha value is -2.93. The van der Waals surface area contributed by atoms with Crippen molar-refractivity contribution in [2.45, 2.75) is 97.9 Å². The van der Waals surface area contributed by atoms with E-state index in [9.17, 15) is 14.0 Å². The summed E-state index contributed by atoms with van der Waals surface area (Å²) in [6, 6.07) is 13.7. The molecule has 2 aromatic rings. The topological polar surface area (TPSA) is 84.7 Å². The maximum absolute atomic E-state index is 14.4. The van der Waals surface area contributed by atoms with Crippen LogP contribution in [-0.2, 0) is 29.0 Å². The van der Waals surface area contributed by atoms with Crippen molar-refractivity contribution in [1.29, 1.82) is 0 Å². The number of nitrogens with one attached hydrogen (secondary N) is 1. The van der Waals surface area contributed by atoms with E-state index in [2.05, 4.69) is 50.4 Å². The number of carbonyl (C=O) groups excluding carboxylic acids is 2. The van der Waals surface area contributed by atoms with Crippen molar-refractivity contribution in [3.8, 4) is 5.75 Å². The molecule has 7 heteroatoms. The normalized spacial score (nSPS) is 11.8. The minimum absolute atomic E-state index is 0.0694. The number of halogens is 1. The third-order valence-electron chi connectivity index (χ3n) is 7.38. The van der Waals surface area contributed by atoms with Crippen LogP contribution in [0.25, 0.3) is 0 Å². The van der Waals surface area contributed by atoms with Crippen molar-refractivity contribution in [2.75, 3.05) is 26.2 Å². The van der Waals surface area contributed by atoms with E-state index < -0.39 is 0 Å². The minimum Gasteiger partial charge on any atom is -0.493 e. The fraction of sp³-hybridized carbons (Fsp3) is 0.588. The Morgan fingerprint density at radius 3 is 2.46 bits per heavy atom. The van der Waals surface area contributed by atoms with Crippen LogP contribution in [0.3, 0.4) is 0 Å². The Morgan fingerprint density at radius 1 is 0.927 bits per heavy atom. The van der Waals surface area contributed by atoms with Gasteiger partial charge in [0.05, 0.1) is 6.61 Å². The summed E-state index contributed by atoms with van der Waals surface area (Å²) < 4.78 is 20.5. The molecule has 1 atom stereocenters. The van der Waals surface area contributed by atoms with Crippen LogP contribution in [0, 0.1) is 11.7 Å². The molecule has 0 aliphatic rings. The molecular weight excluding hydrogens is 517 g/mol. The van der Waals surface area contributed by atoms with Gasteiger partial charge in [-0.05, 0) is 92.7 Å². The average Bonchev–Trinajstić information content (AvgIpc) is 2.95. The molecule has 1 unspecified atom stereocenters. The number of carbonyl (C=O) groups is 2. The van der Waals surface area contributed by atoms with Crippen LogP contribution in [0.2, 0.25) is 0 Å². The molecule has 41 heavy (non-hydrogen) atoms. The summed E-state index contributed by atoms with van der Waals surface area (Å²) in [4.78, 5) is 25.6. The summed E-state index contributed by atoms with van der Waals surface area (Å²) in [6.45, 7) is 10.0. The third-order valence-corrected chi connectivity index (χ3v) is 7.38. The standard InChI is InChI=1S/C34H52FN3O3/c1-4-11-28(17-20-38(19-5-2)34(40)16-10-15-33(36)39)26-41-32-23-29(22-31(35)24-32)12-7-8-18-37-25-30-14-9-13-27(6-3)21-30/h9,13-14,21-24,28,37H,4-8,10-12,15-20,25-26H2,1-3H3,(H2,36,39). The van der Waals surface area contributed by atoms with E-state index in [4.69, 9.17) is 10.5 Å². The van der Waals surface area contributed by atoms with Gasteiger partial charge in [-0.15, -0.1) is 0 Å². The van der Waals surface area contributed by atoms with Crippen molar-refractivity contribution in [3.05, 3.63) is 65.0 Å². The Morgan fingerprint density at radius 2 is 1.73 bits per heavy atom. The molecular formula is C34H52FN3O3. The third kappa shape index (κ3) is 14.5. The molecule has 0 saturated carbocycles. The van der Waals surface area contributed by atoms with E-state index >= 15 is 0 Å². The number of hydrogen-bond donors (Lipinski definition) is 2. The van der Waals surface area contributed by atoms with Crippen molar-refractivity contribution in [1.82, 2.24) is 10.2 Å². The van der Waals surface area contributed by atoms with Crippen LogP contribution >= 0.6 is 0 Å². The number of rotatable bonds is 22. The van der Waals surface area contributed by atoms with Crippen LogP contribution in [0.15, 0.2) is 42.5 Å². The maximum atomic E-state index is 14.4. The second kappa shape index (κ2) is 20.0. The van der Waals surface area contributed by atoms with Crippen LogP contribution in [0.5, 0.6) is 5.75 Å². The molecule has 228 valence electrons. The largest absolute Gasteiger partial charge is 0.493 e. The van der Waals surface area contributed by atoms with Gasteiger partial charge in [-0.1, -0.05) is 51.5 Å². The molecule has 2 rings (SSSR count). The predicted molar refractivity (Wildman–Crippen MR) is 165 cm³/mol. The first-order chi connectivity index (χ1) is 19.8. The van der Waals surface area contributed by atoms with Crippen LogP contribution in [-0.4, -0.2) is 43.0 Å². The molecule has 6 nitrogen and oxygen atoms in total. The number of aryl methyl sites for hydroxylation is 2. The first-order valence-corrected chi connectivity index (χ1v) is 15.6. The molecule has 0 saturated heterocycles. The number of unbranched alkanes of at least 4 members (excludes halogenated alkanes) is 1. The molecule has 0 heterocycles. The molecule has 0 aliphatic heterocycles. The highest BCUT2D eigenvalue weighted by Gasteiger charge is 2.17. The number of primary amides is 1. The number of amides is 2. The Balaban J connectivity index is 1.79. The second-order valence-corrected chi connectivity index (χ2v) is 11.1. The first kappa shape index (κ1) is 34.3. The summed E-state index contributed by atoms with van der Waals surface area (Å²) in [7, 11) is 0. The van der Waals surface area contributed by atoms with Crippen molar-refractivity contribution >= 4 is 11.8 Å². The molecule has 3 N–H and O–H groups in total. The average molecular weight is 570 g/mol. The lowest BCUT2D eigenvalue weighted by molar-refractivity contribution is -0.131. The van der Waals surface area contributed by atoms with E-state index in [0.717, 1.165) is 70.0 Å². The van der Waals surface area contributed by atoms with E-state index in [0.29, 0.717) is 38.3 Å². The number of nitrogens with two attached hydrogens (primary N) is 1. The highest BCUT2D eigenvalue weighted by molar-refractivity contribution is 5.78. The Kier molecular flexibility index (Phi) is 16.7. The molecule has 0 radical (unpaired) electrons. The number of hydrogen-bond acceptors (Lipinski definition) is 4. The number of nitrogens with zero attached hydrogens (tertiary/aromatic N) is 1. The Labute approximate surface area is 247 Å². The molecule has 0 aliphatic carbocycles. The fourth-order valence-corrected chi connectivity index (χ4v) is 5.09. The zero-order chi connectivity index (χ0) is 29.9. The van der Waals surface area contributed by atoms with Crippen LogP contribution < -0.4 is 15.8 Å². The van der Waals surface area contributed by atoms with Crippen molar-refractivity contribution in [3.63, 3.8) is 0 Å².